The lowest BCUT2D eigenvalue weighted by atomic mass is 9.91. The number of hydrogen-bond acceptors (Lipinski definition) is 3. The smallest absolute Gasteiger partial charge is 0.197 e. The molecular weight excluding hydrogens is 574 g/mol. The summed E-state index contributed by atoms with van der Waals surface area (Å²) in [5.41, 5.74) is 14.5. The van der Waals surface area contributed by atoms with E-state index < -0.39 is 0 Å². The zero-order chi connectivity index (χ0) is 31.2. The van der Waals surface area contributed by atoms with Crippen LogP contribution in [0, 0.1) is 0 Å². The van der Waals surface area contributed by atoms with Crippen LogP contribution < -0.4 is 4.90 Å². The van der Waals surface area contributed by atoms with E-state index in [1.54, 1.807) is 12.1 Å². The van der Waals surface area contributed by atoms with Crippen LogP contribution in [0.4, 0.5) is 17.1 Å². The Morgan fingerprint density at radius 3 is 1.38 bits per heavy atom. The second-order valence-electron chi connectivity index (χ2n) is 12.3. The second kappa shape index (κ2) is 9.59. The van der Waals surface area contributed by atoms with Crippen molar-refractivity contribution in [3.63, 3.8) is 0 Å². The molecule has 0 radical (unpaired) electrons. The number of benzene rings is 7. The van der Waals surface area contributed by atoms with Crippen molar-refractivity contribution in [3.05, 3.63) is 168 Å². The molecule has 0 atom stereocenters. The molecule has 0 N–H and O–H groups in total. The molecule has 0 aliphatic heterocycles. The summed E-state index contributed by atoms with van der Waals surface area (Å²) in [7, 11) is 0. The minimum absolute atomic E-state index is 0.210. The third kappa shape index (κ3) is 3.51. The lowest BCUT2D eigenvalue weighted by molar-refractivity contribution is 0.0990. The highest BCUT2D eigenvalue weighted by atomic mass is 16.2. The maximum atomic E-state index is 13.6. The van der Waals surface area contributed by atoms with E-state index >= 15 is 0 Å². The van der Waals surface area contributed by atoms with Gasteiger partial charge in [0.05, 0.1) is 11.3 Å². The number of carbonyl (C=O) groups is 2. The van der Waals surface area contributed by atoms with Crippen LogP contribution in [-0.4, -0.2) is 11.6 Å². The van der Waals surface area contributed by atoms with Gasteiger partial charge in [0.1, 0.15) is 0 Å². The van der Waals surface area contributed by atoms with E-state index in [2.05, 4.69) is 126 Å². The topological polar surface area (TPSA) is 37.4 Å². The molecule has 3 aliphatic carbocycles. The Balaban J connectivity index is 1.33. The highest BCUT2D eigenvalue weighted by Gasteiger charge is 2.37. The standard InChI is InChI=1S/C44H25NO2/c46-43-33-21-11-12-22-34(33)44(47)37(43)24-26-23-35-30-18-8-10-20-32(30)40-38(45(27-13-3-1-4-14-27)28-15-5-2-6-16-28)25-36-29-17-7-9-19-31(29)39(26)41(36)42(35)40/h1-25H. The van der Waals surface area contributed by atoms with Crippen LogP contribution in [-0.2, 0) is 0 Å². The first-order valence-electron chi connectivity index (χ1n) is 15.9. The lowest BCUT2D eigenvalue weighted by Gasteiger charge is -2.28. The first kappa shape index (κ1) is 26.0. The van der Waals surface area contributed by atoms with Crippen LogP contribution in [0.25, 0.3) is 61.4 Å². The minimum atomic E-state index is -0.210. The Labute approximate surface area is 271 Å². The maximum absolute atomic E-state index is 13.6. The zero-order valence-electron chi connectivity index (χ0n) is 25.2. The fraction of sp³-hybridized carbons (Fsp3) is 0. The van der Waals surface area contributed by atoms with Gasteiger partial charge in [0, 0.05) is 33.5 Å². The number of Topliss-reactive ketones (excluding diaryl/α,β-unsaturated/α-hetero) is 2. The average Bonchev–Trinajstić information content (AvgIpc) is 3.72. The number of para-hydroxylation sites is 2. The minimum Gasteiger partial charge on any atom is -0.310 e. The van der Waals surface area contributed by atoms with Crippen molar-refractivity contribution in [2.45, 2.75) is 0 Å². The van der Waals surface area contributed by atoms with Crippen LogP contribution in [0.2, 0.25) is 0 Å². The number of hydrogen-bond donors (Lipinski definition) is 0. The zero-order valence-corrected chi connectivity index (χ0v) is 25.2. The molecular formula is C44H25NO2. The van der Waals surface area contributed by atoms with Gasteiger partial charge in [-0.1, -0.05) is 109 Å². The van der Waals surface area contributed by atoms with Crippen molar-refractivity contribution in [2.75, 3.05) is 4.90 Å². The van der Waals surface area contributed by atoms with Crippen molar-refractivity contribution in [2.24, 2.45) is 0 Å². The predicted octanol–water partition coefficient (Wildman–Crippen LogP) is 11.1. The highest BCUT2D eigenvalue weighted by Crippen LogP contribution is 2.61. The molecule has 7 aromatic rings. The van der Waals surface area contributed by atoms with Crippen LogP contribution >= 0.6 is 0 Å². The van der Waals surface area contributed by atoms with Gasteiger partial charge in [0.2, 0.25) is 0 Å². The monoisotopic (exact) mass is 599 g/mol. The Morgan fingerprint density at radius 2 is 0.830 bits per heavy atom. The number of ketones is 2. The first-order chi connectivity index (χ1) is 23.2. The first-order valence-corrected chi connectivity index (χ1v) is 15.9. The van der Waals surface area contributed by atoms with Crippen molar-refractivity contribution in [1.82, 2.24) is 0 Å². The Hall–Kier alpha value is -6.32. The predicted molar refractivity (Wildman–Crippen MR) is 191 cm³/mol. The SMILES string of the molecule is O=C1C(=Cc2cc3c4c(c(N(c5ccccc5)c5ccccc5)cc5c4c2-c2ccccc2-5)-c2ccccc2-3)C(=O)c2ccccc21. The molecule has 3 heteroatoms. The van der Waals surface area contributed by atoms with Gasteiger partial charge in [0.25, 0.3) is 0 Å². The molecule has 3 nitrogen and oxygen atoms in total. The van der Waals surface area contributed by atoms with Crippen molar-refractivity contribution < 1.29 is 9.59 Å². The molecule has 3 aliphatic rings. The van der Waals surface area contributed by atoms with E-state index in [1.165, 1.54) is 21.9 Å². The Morgan fingerprint density at radius 1 is 0.404 bits per heavy atom. The van der Waals surface area contributed by atoms with Gasteiger partial charge in [-0.05, 0) is 92.4 Å². The van der Waals surface area contributed by atoms with Gasteiger partial charge in [-0.2, -0.15) is 0 Å². The summed E-state index contributed by atoms with van der Waals surface area (Å²) < 4.78 is 0. The van der Waals surface area contributed by atoms with Gasteiger partial charge < -0.3 is 4.90 Å². The van der Waals surface area contributed by atoms with E-state index in [1.807, 2.05) is 18.2 Å². The summed E-state index contributed by atoms with van der Waals surface area (Å²) in [5, 5.41) is 2.37. The molecule has 0 unspecified atom stereocenters. The van der Waals surface area contributed by atoms with Gasteiger partial charge in [0.15, 0.2) is 11.6 Å². The summed E-state index contributed by atoms with van der Waals surface area (Å²) >= 11 is 0. The van der Waals surface area contributed by atoms with E-state index in [0.29, 0.717) is 11.1 Å². The van der Waals surface area contributed by atoms with Gasteiger partial charge in [-0.25, -0.2) is 0 Å². The summed E-state index contributed by atoms with van der Waals surface area (Å²) in [4.78, 5) is 29.5. The highest BCUT2D eigenvalue weighted by molar-refractivity contribution is 6.42. The number of nitrogens with zero attached hydrogens (tertiary/aromatic N) is 1. The molecule has 0 saturated carbocycles. The number of fused-ring (bicyclic) bond motifs is 7. The summed E-state index contributed by atoms with van der Waals surface area (Å²) in [6.45, 7) is 0. The summed E-state index contributed by atoms with van der Waals surface area (Å²) in [6, 6.07) is 49.9. The molecule has 0 saturated heterocycles. The summed E-state index contributed by atoms with van der Waals surface area (Å²) in [5.74, 6) is -0.419. The number of rotatable bonds is 4. The number of anilines is 3. The number of carbonyl (C=O) groups excluding carboxylic acids is 2. The third-order valence-corrected chi connectivity index (χ3v) is 9.86. The largest absolute Gasteiger partial charge is 0.310 e. The second-order valence-corrected chi connectivity index (χ2v) is 12.3. The fourth-order valence-corrected chi connectivity index (χ4v) is 7.93. The van der Waals surface area contributed by atoms with E-state index in [0.717, 1.165) is 56.0 Å². The van der Waals surface area contributed by atoms with Gasteiger partial charge in [-0.15, -0.1) is 0 Å². The van der Waals surface area contributed by atoms with Crippen LogP contribution in [0.5, 0.6) is 0 Å². The molecule has 218 valence electrons. The molecule has 0 aromatic heterocycles. The van der Waals surface area contributed by atoms with Gasteiger partial charge in [-0.3, -0.25) is 9.59 Å². The molecule has 47 heavy (non-hydrogen) atoms. The van der Waals surface area contributed by atoms with E-state index in [-0.39, 0.29) is 17.1 Å². The summed E-state index contributed by atoms with van der Waals surface area (Å²) in [6.07, 6.45) is 1.84. The van der Waals surface area contributed by atoms with Crippen LogP contribution in [0.15, 0.2) is 151 Å². The maximum Gasteiger partial charge on any atom is 0.197 e. The van der Waals surface area contributed by atoms with E-state index in [9.17, 15) is 9.59 Å². The van der Waals surface area contributed by atoms with Crippen molar-refractivity contribution in [3.8, 4) is 44.5 Å². The molecule has 0 spiro atoms. The number of allylic oxidation sites excluding steroid dienone is 1. The normalized spacial score (nSPS) is 13.1. The molecule has 0 heterocycles. The Kier molecular flexibility index (Phi) is 5.30. The van der Waals surface area contributed by atoms with E-state index in [4.69, 9.17) is 0 Å². The van der Waals surface area contributed by atoms with Crippen LogP contribution in [0.1, 0.15) is 26.3 Å². The fourth-order valence-electron chi connectivity index (χ4n) is 7.93. The molecule has 0 bridgehead atoms. The quantitative estimate of drug-likeness (QED) is 0.149. The third-order valence-electron chi connectivity index (χ3n) is 9.86. The molecule has 0 amide bonds. The molecule has 7 aromatic carbocycles. The van der Waals surface area contributed by atoms with Gasteiger partial charge >= 0.3 is 0 Å². The average molecular weight is 600 g/mol. The van der Waals surface area contributed by atoms with Crippen molar-refractivity contribution in [1.29, 1.82) is 0 Å². The Bertz CT molecular complexity index is 2460. The molecule has 10 rings (SSSR count). The van der Waals surface area contributed by atoms with Crippen molar-refractivity contribution >= 4 is 45.5 Å². The lowest BCUT2D eigenvalue weighted by Crippen LogP contribution is -2.11. The van der Waals surface area contributed by atoms with Crippen LogP contribution in [0.3, 0.4) is 0 Å². The molecule has 0 fully saturated rings.